The van der Waals surface area contributed by atoms with E-state index < -0.39 is 0 Å². The SMILES string of the molecule is CCC(=O)OC(C)C.CCCCC(N)=O.Cl. The Kier molecular flexibility index (Phi) is 18.3. The summed E-state index contributed by atoms with van der Waals surface area (Å²) in [4.78, 5) is 20.4. The monoisotopic (exact) mass is 253 g/mol. The van der Waals surface area contributed by atoms with Gasteiger partial charge in [0.1, 0.15) is 0 Å². The van der Waals surface area contributed by atoms with E-state index in [4.69, 9.17) is 10.5 Å². The molecule has 0 bridgehead atoms. The first kappa shape index (κ1) is 20.6. The Balaban J connectivity index is -0.000000200. The molecule has 0 aliphatic heterocycles. The molecule has 0 fully saturated rings. The second-order valence-corrected chi connectivity index (χ2v) is 3.46. The smallest absolute Gasteiger partial charge is 0.305 e. The van der Waals surface area contributed by atoms with Crippen LogP contribution in [0.25, 0.3) is 0 Å². The van der Waals surface area contributed by atoms with E-state index in [0.717, 1.165) is 12.8 Å². The van der Waals surface area contributed by atoms with Gasteiger partial charge in [-0.25, -0.2) is 0 Å². The van der Waals surface area contributed by atoms with E-state index in [1.54, 1.807) is 6.92 Å². The minimum Gasteiger partial charge on any atom is -0.463 e. The van der Waals surface area contributed by atoms with E-state index in [0.29, 0.717) is 12.8 Å². The molecule has 0 aliphatic carbocycles. The third-order valence-electron chi connectivity index (χ3n) is 1.43. The Morgan fingerprint density at radius 3 is 1.88 bits per heavy atom. The van der Waals surface area contributed by atoms with Crippen LogP contribution in [0.5, 0.6) is 0 Å². The van der Waals surface area contributed by atoms with Gasteiger partial charge in [-0.1, -0.05) is 20.3 Å². The van der Waals surface area contributed by atoms with Crippen molar-refractivity contribution in [2.75, 3.05) is 0 Å². The first-order chi connectivity index (χ1) is 6.93. The fourth-order valence-electron chi connectivity index (χ4n) is 0.697. The molecule has 4 nitrogen and oxygen atoms in total. The molecule has 1 amide bonds. The van der Waals surface area contributed by atoms with Crippen LogP contribution in [-0.2, 0) is 14.3 Å². The number of ether oxygens (including phenoxy) is 1. The zero-order valence-electron chi connectivity index (χ0n) is 10.6. The molecule has 0 heterocycles. The topological polar surface area (TPSA) is 69.4 Å². The molecule has 0 radical (unpaired) electrons. The van der Waals surface area contributed by atoms with Crippen LogP contribution >= 0.6 is 12.4 Å². The number of amides is 1. The molecular formula is C11H24ClNO3. The van der Waals surface area contributed by atoms with E-state index in [1.807, 2.05) is 20.8 Å². The van der Waals surface area contributed by atoms with Crippen molar-refractivity contribution < 1.29 is 14.3 Å². The van der Waals surface area contributed by atoms with Gasteiger partial charge < -0.3 is 10.5 Å². The Morgan fingerprint density at radius 2 is 1.75 bits per heavy atom. The summed E-state index contributed by atoms with van der Waals surface area (Å²) in [5, 5.41) is 0. The second-order valence-electron chi connectivity index (χ2n) is 3.46. The third kappa shape index (κ3) is 23.2. The molecular weight excluding hydrogens is 230 g/mol. The average molecular weight is 254 g/mol. The number of carbonyl (C=O) groups is 2. The van der Waals surface area contributed by atoms with Crippen molar-refractivity contribution in [1.82, 2.24) is 0 Å². The predicted molar refractivity (Wildman–Crippen MR) is 67.5 cm³/mol. The van der Waals surface area contributed by atoms with Crippen LogP contribution in [0.1, 0.15) is 53.4 Å². The standard InChI is InChI=1S/C6H12O2.C5H11NO.ClH/c1-4-6(7)8-5(2)3;1-2-3-4-5(6)7;/h5H,4H2,1-3H3;2-4H2,1H3,(H2,6,7);1H. The Hall–Kier alpha value is -0.770. The van der Waals surface area contributed by atoms with Crippen LogP contribution in [0.4, 0.5) is 0 Å². The third-order valence-corrected chi connectivity index (χ3v) is 1.43. The molecule has 0 aliphatic rings. The lowest BCUT2D eigenvalue weighted by Gasteiger charge is -2.04. The summed E-state index contributed by atoms with van der Waals surface area (Å²) >= 11 is 0. The normalized spacial score (nSPS) is 8.56. The minimum atomic E-state index is -0.193. The lowest BCUT2D eigenvalue weighted by atomic mass is 10.2. The first-order valence-corrected chi connectivity index (χ1v) is 5.41. The van der Waals surface area contributed by atoms with Crippen LogP contribution in [-0.4, -0.2) is 18.0 Å². The molecule has 0 aromatic carbocycles. The van der Waals surface area contributed by atoms with Crippen molar-refractivity contribution in [3.05, 3.63) is 0 Å². The van der Waals surface area contributed by atoms with Crippen molar-refractivity contribution in [1.29, 1.82) is 0 Å². The summed E-state index contributed by atoms with van der Waals surface area (Å²) in [7, 11) is 0. The number of primary amides is 1. The molecule has 0 unspecified atom stereocenters. The molecule has 0 atom stereocenters. The lowest BCUT2D eigenvalue weighted by molar-refractivity contribution is -0.146. The predicted octanol–water partition coefficient (Wildman–Crippen LogP) is 2.43. The Morgan fingerprint density at radius 1 is 1.25 bits per heavy atom. The van der Waals surface area contributed by atoms with Gasteiger partial charge in [0.25, 0.3) is 0 Å². The molecule has 16 heavy (non-hydrogen) atoms. The van der Waals surface area contributed by atoms with Crippen molar-refractivity contribution in [2.24, 2.45) is 5.73 Å². The van der Waals surface area contributed by atoms with Gasteiger partial charge in [0, 0.05) is 12.8 Å². The quantitative estimate of drug-likeness (QED) is 0.765. The maximum atomic E-state index is 10.4. The number of esters is 1. The molecule has 0 saturated carbocycles. The molecule has 98 valence electrons. The lowest BCUT2D eigenvalue weighted by Crippen LogP contribution is -2.09. The number of rotatable bonds is 5. The molecule has 2 N–H and O–H groups in total. The van der Waals surface area contributed by atoms with E-state index in [1.165, 1.54) is 0 Å². The fraction of sp³-hybridized carbons (Fsp3) is 0.818. The number of carbonyl (C=O) groups excluding carboxylic acids is 2. The maximum absolute atomic E-state index is 10.4. The van der Waals surface area contributed by atoms with Gasteiger partial charge in [0.15, 0.2) is 0 Å². The van der Waals surface area contributed by atoms with Gasteiger partial charge in [-0.2, -0.15) is 0 Å². The number of hydrogen-bond acceptors (Lipinski definition) is 3. The van der Waals surface area contributed by atoms with Crippen LogP contribution in [0.3, 0.4) is 0 Å². The summed E-state index contributed by atoms with van der Waals surface area (Å²) in [6.45, 7) is 7.49. The van der Waals surface area contributed by atoms with Crippen molar-refractivity contribution in [2.45, 2.75) is 59.5 Å². The highest BCUT2D eigenvalue weighted by Crippen LogP contribution is 1.90. The number of nitrogens with two attached hydrogens (primary N) is 1. The van der Waals surface area contributed by atoms with Crippen LogP contribution in [0.15, 0.2) is 0 Å². The van der Waals surface area contributed by atoms with Gasteiger partial charge in [0.05, 0.1) is 6.10 Å². The van der Waals surface area contributed by atoms with Gasteiger partial charge >= 0.3 is 5.97 Å². The Bertz CT molecular complexity index is 184. The molecule has 0 rings (SSSR count). The van der Waals surface area contributed by atoms with E-state index >= 15 is 0 Å². The first-order valence-electron chi connectivity index (χ1n) is 5.41. The number of hydrogen-bond donors (Lipinski definition) is 1. The summed E-state index contributed by atoms with van der Waals surface area (Å²) in [6, 6.07) is 0. The number of unbranched alkanes of at least 4 members (excludes halogenated alkanes) is 1. The van der Waals surface area contributed by atoms with Gasteiger partial charge in [-0.3, -0.25) is 9.59 Å². The molecule has 0 spiro atoms. The summed E-state index contributed by atoms with van der Waals surface area (Å²) in [5.74, 6) is -0.318. The van der Waals surface area contributed by atoms with Crippen LogP contribution < -0.4 is 5.73 Å². The summed E-state index contributed by atoms with van der Waals surface area (Å²) in [6.07, 6.45) is 3.01. The van der Waals surface area contributed by atoms with Crippen molar-refractivity contribution >= 4 is 24.3 Å². The highest BCUT2D eigenvalue weighted by atomic mass is 35.5. The highest BCUT2D eigenvalue weighted by molar-refractivity contribution is 5.85. The van der Waals surface area contributed by atoms with E-state index in [2.05, 4.69) is 0 Å². The molecule has 0 aromatic heterocycles. The molecule has 5 heteroatoms. The van der Waals surface area contributed by atoms with Crippen molar-refractivity contribution in [3.8, 4) is 0 Å². The summed E-state index contributed by atoms with van der Waals surface area (Å²) in [5.41, 5.74) is 4.84. The van der Waals surface area contributed by atoms with Gasteiger partial charge in [-0.05, 0) is 20.3 Å². The largest absolute Gasteiger partial charge is 0.463 e. The molecule has 0 aromatic rings. The maximum Gasteiger partial charge on any atom is 0.305 e. The highest BCUT2D eigenvalue weighted by Gasteiger charge is 1.98. The van der Waals surface area contributed by atoms with E-state index in [9.17, 15) is 9.59 Å². The molecule has 0 saturated heterocycles. The van der Waals surface area contributed by atoms with E-state index in [-0.39, 0.29) is 30.4 Å². The average Bonchev–Trinajstić information content (AvgIpc) is 2.14. The van der Waals surface area contributed by atoms with Crippen LogP contribution in [0.2, 0.25) is 0 Å². The van der Waals surface area contributed by atoms with Crippen LogP contribution in [0, 0.1) is 0 Å². The van der Waals surface area contributed by atoms with Gasteiger partial charge in [-0.15, -0.1) is 12.4 Å². The minimum absolute atomic E-state index is 0. The zero-order valence-corrected chi connectivity index (χ0v) is 11.4. The zero-order chi connectivity index (χ0) is 12.3. The summed E-state index contributed by atoms with van der Waals surface area (Å²) < 4.78 is 4.76. The second kappa shape index (κ2) is 14.2. The Labute approximate surface area is 104 Å². The number of halogens is 1. The van der Waals surface area contributed by atoms with Crippen molar-refractivity contribution in [3.63, 3.8) is 0 Å². The van der Waals surface area contributed by atoms with Gasteiger partial charge in [0.2, 0.25) is 5.91 Å². The fourth-order valence-corrected chi connectivity index (χ4v) is 0.697.